The minimum atomic E-state index is -0.665. The van der Waals surface area contributed by atoms with Crippen LogP contribution in [0.2, 0.25) is 0 Å². The van der Waals surface area contributed by atoms with E-state index in [0.717, 1.165) is 58.0 Å². The lowest BCUT2D eigenvalue weighted by atomic mass is 9.84. The van der Waals surface area contributed by atoms with Crippen molar-refractivity contribution in [2.24, 2.45) is 11.3 Å². The van der Waals surface area contributed by atoms with Crippen LogP contribution >= 0.6 is 0 Å². The Balaban J connectivity index is 1.75. The molecule has 10 nitrogen and oxygen atoms in total. The molecule has 0 aromatic carbocycles. The van der Waals surface area contributed by atoms with Gasteiger partial charge in [0.2, 0.25) is 17.7 Å². The van der Waals surface area contributed by atoms with Crippen molar-refractivity contribution in [3.63, 3.8) is 0 Å². The van der Waals surface area contributed by atoms with Gasteiger partial charge in [-0.25, -0.2) is 4.79 Å². The summed E-state index contributed by atoms with van der Waals surface area (Å²) in [6, 6.07) is -1.86. The maximum atomic E-state index is 14.1. The monoisotopic (exact) mass is 577 g/mol. The number of carbonyl (C=O) groups excluding carboxylic acids is 4. The van der Waals surface area contributed by atoms with Crippen molar-refractivity contribution in [2.45, 2.75) is 116 Å². The molecule has 0 radical (unpaired) electrons. The third-order valence-corrected chi connectivity index (χ3v) is 9.42. The molecule has 10 heteroatoms. The Hall–Kier alpha value is -2.20. The van der Waals surface area contributed by atoms with Crippen LogP contribution in [0.25, 0.3) is 0 Å². The lowest BCUT2D eigenvalue weighted by molar-refractivity contribution is -0.156. The highest BCUT2D eigenvalue weighted by Crippen LogP contribution is 2.28. The van der Waals surface area contributed by atoms with Gasteiger partial charge in [0.1, 0.15) is 12.1 Å². The molecule has 234 valence electrons. The molecule has 3 aliphatic heterocycles. The van der Waals surface area contributed by atoms with E-state index in [4.69, 9.17) is 4.74 Å². The fraction of sp³-hybridized carbons (Fsp3) is 0.871. The summed E-state index contributed by atoms with van der Waals surface area (Å²) in [5, 5.41) is 3.13. The number of hydrogen-bond acceptors (Lipinski definition) is 7. The zero-order valence-corrected chi connectivity index (χ0v) is 26.8. The van der Waals surface area contributed by atoms with Crippen LogP contribution in [0.15, 0.2) is 0 Å². The highest BCUT2D eigenvalue weighted by Gasteiger charge is 2.43. The third-order valence-electron chi connectivity index (χ3n) is 9.42. The van der Waals surface area contributed by atoms with Gasteiger partial charge in [0.15, 0.2) is 0 Å². The number of rotatable bonds is 9. The predicted octanol–water partition coefficient (Wildman–Crippen LogP) is 2.50. The fourth-order valence-electron chi connectivity index (χ4n) is 6.77. The summed E-state index contributed by atoms with van der Waals surface area (Å²) in [6.45, 7) is 12.9. The Morgan fingerprint density at radius 2 is 1.51 bits per heavy atom. The van der Waals surface area contributed by atoms with Crippen LogP contribution in [0.1, 0.15) is 86.0 Å². The van der Waals surface area contributed by atoms with Gasteiger partial charge >= 0.3 is 5.97 Å². The molecule has 0 spiro atoms. The number of amides is 3. The van der Waals surface area contributed by atoms with Gasteiger partial charge in [0, 0.05) is 26.2 Å². The standard InChI is InChI=1S/C31H55N5O5/c1-21(2)25(20-35-18-13-16-23(35)28(38)36-19-12-10-15-24(36)30(40)41-8)34(7)29(39)26(31(3,4)5)32-27(37)22-14-9-11-17-33(22)6/h21-26H,9-20H2,1-8H3,(H,32,37)/t22-,23+,24+,25-,26-/m1/s1. The van der Waals surface area contributed by atoms with Crippen LogP contribution in [0.5, 0.6) is 0 Å². The van der Waals surface area contributed by atoms with Crippen LogP contribution in [0.4, 0.5) is 0 Å². The lowest BCUT2D eigenvalue weighted by Gasteiger charge is -2.42. The molecule has 0 aromatic heterocycles. The van der Waals surface area contributed by atoms with Gasteiger partial charge in [-0.15, -0.1) is 0 Å². The largest absolute Gasteiger partial charge is 0.467 e. The molecule has 41 heavy (non-hydrogen) atoms. The van der Waals surface area contributed by atoms with Gasteiger partial charge in [-0.1, -0.05) is 41.0 Å². The summed E-state index contributed by atoms with van der Waals surface area (Å²) in [5.41, 5.74) is -0.473. The number of methoxy groups -OCH3 is 1. The normalized spacial score (nSPS) is 26.0. The molecule has 0 aliphatic carbocycles. The zero-order valence-electron chi connectivity index (χ0n) is 26.8. The van der Waals surface area contributed by atoms with Gasteiger partial charge < -0.3 is 19.9 Å². The topological polar surface area (TPSA) is 102 Å². The van der Waals surface area contributed by atoms with Crippen molar-refractivity contribution in [3.8, 4) is 0 Å². The third kappa shape index (κ3) is 8.00. The molecule has 3 saturated heterocycles. The number of hydrogen-bond donors (Lipinski definition) is 1. The Bertz CT molecular complexity index is 934. The number of nitrogens with zero attached hydrogens (tertiary/aromatic N) is 4. The van der Waals surface area contributed by atoms with Gasteiger partial charge in [-0.05, 0) is 76.4 Å². The highest BCUT2D eigenvalue weighted by molar-refractivity contribution is 5.90. The van der Waals surface area contributed by atoms with Crippen molar-refractivity contribution < 1.29 is 23.9 Å². The second-order valence-corrected chi connectivity index (χ2v) is 13.8. The van der Waals surface area contributed by atoms with E-state index in [-0.39, 0.29) is 47.7 Å². The number of piperidine rings is 2. The van der Waals surface area contributed by atoms with Crippen molar-refractivity contribution >= 4 is 23.7 Å². The molecule has 0 bridgehead atoms. The molecule has 3 amide bonds. The van der Waals surface area contributed by atoms with Crippen molar-refractivity contribution in [1.29, 1.82) is 0 Å². The molecule has 1 N–H and O–H groups in total. The number of carbonyl (C=O) groups is 4. The molecular formula is C31H55N5O5. The predicted molar refractivity (Wildman–Crippen MR) is 159 cm³/mol. The molecule has 3 fully saturated rings. The van der Waals surface area contributed by atoms with Crippen LogP contribution in [-0.4, -0.2) is 121 Å². The van der Waals surface area contributed by atoms with E-state index >= 15 is 0 Å². The quantitative estimate of drug-likeness (QED) is 0.420. The molecule has 3 aliphatic rings. The Labute approximate surface area is 247 Å². The molecule has 3 heterocycles. The first-order valence-corrected chi connectivity index (χ1v) is 15.7. The molecule has 3 rings (SSSR count). The number of likely N-dealkylation sites (N-methyl/N-ethyl adjacent to an activating group) is 2. The van der Waals surface area contributed by atoms with Crippen molar-refractivity contribution in [3.05, 3.63) is 0 Å². The number of likely N-dealkylation sites (tertiary alicyclic amines) is 3. The molecule has 5 atom stereocenters. The molecular weight excluding hydrogens is 522 g/mol. The molecule has 0 unspecified atom stereocenters. The maximum Gasteiger partial charge on any atom is 0.328 e. The van der Waals surface area contributed by atoms with Crippen molar-refractivity contribution in [1.82, 2.24) is 24.9 Å². The van der Waals surface area contributed by atoms with Gasteiger partial charge in [0.25, 0.3) is 0 Å². The SMILES string of the molecule is COC(=O)[C@@H]1CCCCN1C(=O)[C@@H]1CCCN1C[C@H](C(C)C)N(C)C(=O)[C@@H](NC(=O)[C@H]1CCCCN1C)C(C)(C)C. The average Bonchev–Trinajstić information content (AvgIpc) is 3.40. The van der Waals surface area contributed by atoms with Gasteiger partial charge in [0.05, 0.1) is 19.2 Å². The molecule has 0 aromatic rings. The second-order valence-electron chi connectivity index (χ2n) is 13.8. The summed E-state index contributed by atoms with van der Waals surface area (Å²) in [5.74, 6) is -0.402. The van der Waals surface area contributed by atoms with E-state index in [0.29, 0.717) is 19.5 Å². The van der Waals surface area contributed by atoms with E-state index in [9.17, 15) is 19.2 Å². The van der Waals surface area contributed by atoms with Crippen molar-refractivity contribution in [2.75, 3.05) is 47.4 Å². The smallest absolute Gasteiger partial charge is 0.328 e. The number of esters is 1. The minimum absolute atomic E-state index is 0.00878. The van der Waals surface area contributed by atoms with Gasteiger partial charge in [-0.2, -0.15) is 0 Å². The Morgan fingerprint density at radius 3 is 2.10 bits per heavy atom. The fourth-order valence-corrected chi connectivity index (χ4v) is 6.77. The second kappa shape index (κ2) is 14.3. The van der Waals surface area contributed by atoms with E-state index in [1.165, 1.54) is 7.11 Å². The average molecular weight is 578 g/mol. The Kier molecular flexibility index (Phi) is 11.6. The first-order valence-electron chi connectivity index (χ1n) is 15.7. The minimum Gasteiger partial charge on any atom is -0.467 e. The van der Waals surface area contributed by atoms with E-state index in [1.54, 1.807) is 9.80 Å². The van der Waals surface area contributed by atoms with Crippen LogP contribution in [0, 0.1) is 11.3 Å². The lowest BCUT2D eigenvalue weighted by Crippen LogP contribution is -2.61. The maximum absolute atomic E-state index is 14.1. The van der Waals surface area contributed by atoms with E-state index < -0.39 is 17.5 Å². The van der Waals surface area contributed by atoms with Crippen LogP contribution < -0.4 is 5.32 Å². The number of ether oxygens (including phenoxy) is 1. The van der Waals surface area contributed by atoms with Gasteiger partial charge in [-0.3, -0.25) is 24.2 Å². The highest BCUT2D eigenvalue weighted by atomic mass is 16.5. The first-order chi connectivity index (χ1) is 19.3. The summed E-state index contributed by atoms with van der Waals surface area (Å²) in [7, 11) is 5.18. The van der Waals surface area contributed by atoms with E-state index in [2.05, 4.69) is 29.0 Å². The first kappa shape index (κ1) is 33.3. The summed E-state index contributed by atoms with van der Waals surface area (Å²) >= 11 is 0. The summed E-state index contributed by atoms with van der Waals surface area (Å²) in [6.07, 6.45) is 6.95. The zero-order chi connectivity index (χ0) is 30.5. The number of nitrogens with one attached hydrogen (secondary N) is 1. The van der Waals surface area contributed by atoms with Crippen LogP contribution in [-0.2, 0) is 23.9 Å². The summed E-state index contributed by atoms with van der Waals surface area (Å²) in [4.78, 5) is 61.4. The molecule has 0 saturated carbocycles. The Morgan fingerprint density at radius 1 is 0.902 bits per heavy atom. The summed E-state index contributed by atoms with van der Waals surface area (Å²) < 4.78 is 5.01. The van der Waals surface area contributed by atoms with Crippen LogP contribution in [0.3, 0.4) is 0 Å². The van der Waals surface area contributed by atoms with E-state index in [1.807, 2.05) is 34.9 Å².